The van der Waals surface area contributed by atoms with Crippen LogP contribution in [-0.4, -0.2) is 24.4 Å². The average Bonchev–Trinajstić information content (AvgIpc) is 3.13. The molecule has 3 aromatic rings. The number of hydrogen-bond donors (Lipinski definition) is 1. The SMILES string of the molecule is CCOC(=O)c1ccc(N2NC(=O)C(=Cc3ccccc3OCc3ccccc3)C2=O)cc1. The van der Waals surface area contributed by atoms with Gasteiger partial charge in [0.05, 0.1) is 17.9 Å². The van der Waals surface area contributed by atoms with Gasteiger partial charge in [0.1, 0.15) is 17.9 Å². The van der Waals surface area contributed by atoms with Crippen molar-refractivity contribution in [1.82, 2.24) is 5.43 Å². The molecule has 0 bridgehead atoms. The monoisotopic (exact) mass is 442 g/mol. The number of hydrogen-bond acceptors (Lipinski definition) is 5. The summed E-state index contributed by atoms with van der Waals surface area (Å²) in [5.41, 5.74) is 4.96. The number of para-hydroxylation sites is 1. The molecular formula is C26H22N2O5. The highest BCUT2D eigenvalue weighted by atomic mass is 16.5. The Kier molecular flexibility index (Phi) is 6.50. The van der Waals surface area contributed by atoms with Crippen LogP contribution in [0, 0.1) is 0 Å². The summed E-state index contributed by atoms with van der Waals surface area (Å²) >= 11 is 0. The molecule has 7 heteroatoms. The van der Waals surface area contributed by atoms with E-state index < -0.39 is 17.8 Å². The summed E-state index contributed by atoms with van der Waals surface area (Å²) in [5.74, 6) is -0.908. The van der Waals surface area contributed by atoms with Crippen LogP contribution < -0.4 is 15.2 Å². The summed E-state index contributed by atoms with van der Waals surface area (Å²) in [6.45, 7) is 2.36. The summed E-state index contributed by atoms with van der Waals surface area (Å²) in [6.07, 6.45) is 1.52. The second-order valence-electron chi connectivity index (χ2n) is 7.22. The summed E-state index contributed by atoms with van der Waals surface area (Å²) < 4.78 is 10.9. The number of carbonyl (C=O) groups excluding carboxylic acids is 3. The zero-order valence-corrected chi connectivity index (χ0v) is 18.0. The Morgan fingerprint density at radius 1 is 0.939 bits per heavy atom. The van der Waals surface area contributed by atoms with E-state index >= 15 is 0 Å². The predicted molar refractivity (Wildman–Crippen MR) is 123 cm³/mol. The summed E-state index contributed by atoms with van der Waals surface area (Å²) in [5, 5.41) is 1.15. The van der Waals surface area contributed by atoms with E-state index in [9.17, 15) is 14.4 Å². The molecule has 1 fully saturated rings. The van der Waals surface area contributed by atoms with E-state index in [1.165, 1.54) is 6.08 Å². The standard InChI is InChI=1S/C26H22N2O5/c1-2-32-26(31)19-12-14-21(15-13-19)28-25(30)22(24(29)27-28)16-20-10-6-7-11-23(20)33-17-18-8-4-3-5-9-18/h3-16H,2,17H2,1H3,(H,27,29). The van der Waals surface area contributed by atoms with E-state index in [2.05, 4.69) is 5.43 Å². The first kappa shape index (κ1) is 21.8. The lowest BCUT2D eigenvalue weighted by atomic mass is 10.1. The number of amides is 2. The molecule has 1 aliphatic heterocycles. The Morgan fingerprint density at radius 2 is 1.64 bits per heavy atom. The Morgan fingerprint density at radius 3 is 2.36 bits per heavy atom. The van der Waals surface area contributed by atoms with E-state index in [4.69, 9.17) is 9.47 Å². The number of anilines is 1. The highest BCUT2D eigenvalue weighted by Gasteiger charge is 2.34. The van der Waals surface area contributed by atoms with Crippen LogP contribution in [0.4, 0.5) is 5.69 Å². The van der Waals surface area contributed by atoms with Crippen LogP contribution in [0.25, 0.3) is 6.08 Å². The number of nitrogens with one attached hydrogen (secondary N) is 1. The minimum atomic E-state index is -0.521. The maximum absolute atomic E-state index is 13.0. The zero-order valence-electron chi connectivity index (χ0n) is 18.0. The Hall–Kier alpha value is -4.39. The van der Waals surface area contributed by atoms with Crippen LogP contribution in [0.15, 0.2) is 84.4 Å². The van der Waals surface area contributed by atoms with E-state index in [1.54, 1.807) is 43.3 Å². The normalized spacial score (nSPS) is 14.3. The maximum atomic E-state index is 13.0. The molecule has 0 spiro atoms. The van der Waals surface area contributed by atoms with Gasteiger partial charge >= 0.3 is 5.97 Å². The maximum Gasteiger partial charge on any atom is 0.338 e. The van der Waals surface area contributed by atoms with Crippen LogP contribution in [-0.2, 0) is 20.9 Å². The van der Waals surface area contributed by atoms with Crippen molar-refractivity contribution >= 4 is 29.5 Å². The largest absolute Gasteiger partial charge is 0.488 e. The molecule has 0 saturated carbocycles. The van der Waals surface area contributed by atoms with E-state index in [-0.39, 0.29) is 12.2 Å². The van der Waals surface area contributed by atoms with Gasteiger partial charge in [-0.2, -0.15) is 0 Å². The molecule has 1 N–H and O–H groups in total. The lowest BCUT2D eigenvalue weighted by Crippen LogP contribution is -2.35. The third-order valence-electron chi connectivity index (χ3n) is 4.98. The number of benzene rings is 3. The summed E-state index contributed by atoms with van der Waals surface area (Å²) in [4.78, 5) is 37.4. The van der Waals surface area contributed by atoms with Gasteiger partial charge in [0, 0.05) is 5.56 Å². The second-order valence-corrected chi connectivity index (χ2v) is 7.22. The third kappa shape index (κ3) is 4.93. The lowest BCUT2D eigenvalue weighted by molar-refractivity contribution is -0.117. The number of carbonyl (C=O) groups is 3. The molecule has 1 aliphatic rings. The van der Waals surface area contributed by atoms with E-state index in [1.807, 2.05) is 42.5 Å². The molecule has 33 heavy (non-hydrogen) atoms. The first-order valence-corrected chi connectivity index (χ1v) is 10.5. The van der Waals surface area contributed by atoms with Gasteiger partial charge in [0.25, 0.3) is 11.8 Å². The van der Waals surface area contributed by atoms with Crippen LogP contribution in [0.5, 0.6) is 5.75 Å². The number of hydrazine groups is 1. The molecule has 7 nitrogen and oxygen atoms in total. The smallest absolute Gasteiger partial charge is 0.338 e. The minimum absolute atomic E-state index is 0.0137. The van der Waals surface area contributed by atoms with Crippen LogP contribution >= 0.6 is 0 Å². The second kappa shape index (κ2) is 9.82. The number of nitrogens with zero attached hydrogens (tertiary/aromatic N) is 1. The van der Waals surface area contributed by atoms with E-state index in [0.717, 1.165) is 10.6 Å². The predicted octanol–water partition coefficient (Wildman–Crippen LogP) is 3.90. The van der Waals surface area contributed by atoms with Gasteiger partial charge in [-0.3, -0.25) is 15.0 Å². The fourth-order valence-corrected chi connectivity index (χ4v) is 3.32. The van der Waals surface area contributed by atoms with Gasteiger partial charge in [0.2, 0.25) is 0 Å². The van der Waals surface area contributed by atoms with Crippen molar-refractivity contribution < 1.29 is 23.9 Å². The van der Waals surface area contributed by atoms with Crippen molar-refractivity contribution in [3.63, 3.8) is 0 Å². The fraction of sp³-hybridized carbons (Fsp3) is 0.115. The number of esters is 1. The molecule has 3 aromatic carbocycles. The van der Waals surface area contributed by atoms with Crippen molar-refractivity contribution in [2.45, 2.75) is 13.5 Å². The van der Waals surface area contributed by atoms with Gasteiger partial charge in [0.15, 0.2) is 0 Å². The lowest BCUT2D eigenvalue weighted by Gasteiger charge is -2.15. The molecule has 1 saturated heterocycles. The van der Waals surface area contributed by atoms with Crippen molar-refractivity contribution in [2.75, 3.05) is 11.6 Å². The Balaban J connectivity index is 1.53. The molecule has 0 aliphatic carbocycles. The number of ether oxygens (including phenoxy) is 2. The fourth-order valence-electron chi connectivity index (χ4n) is 3.32. The Labute approximate surface area is 191 Å². The zero-order chi connectivity index (χ0) is 23.2. The van der Waals surface area contributed by atoms with Crippen LogP contribution in [0.1, 0.15) is 28.4 Å². The average molecular weight is 442 g/mol. The van der Waals surface area contributed by atoms with Gasteiger partial charge in [-0.1, -0.05) is 48.5 Å². The van der Waals surface area contributed by atoms with Gasteiger partial charge < -0.3 is 9.47 Å². The quantitative estimate of drug-likeness (QED) is 0.341. The van der Waals surface area contributed by atoms with Crippen molar-refractivity contribution in [1.29, 1.82) is 0 Å². The number of rotatable bonds is 7. The van der Waals surface area contributed by atoms with Crippen LogP contribution in [0.3, 0.4) is 0 Å². The highest BCUT2D eigenvalue weighted by molar-refractivity contribution is 6.31. The first-order chi connectivity index (χ1) is 16.1. The van der Waals surface area contributed by atoms with E-state index in [0.29, 0.717) is 29.2 Å². The first-order valence-electron chi connectivity index (χ1n) is 10.5. The molecule has 0 radical (unpaired) electrons. The van der Waals surface area contributed by atoms with Crippen molar-refractivity contribution in [2.24, 2.45) is 0 Å². The van der Waals surface area contributed by atoms with Gasteiger partial charge in [-0.15, -0.1) is 0 Å². The minimum Gasteiger partial charge on any atom is -0.488 e. The topological polar surface area (TPSA) is 84.9 Å². The molecule has 166 valence electrons. The molecular weight excluding hydrogens is 420 g/mol. The summed E-state index contributed by atoms with van der Waals surface area (Å²) in [6, 6.07) is 23.2. The summed E-state index contributed by atoms with van der Waals surface area (Å²) in [7, 11) is 0. The van der Waals surface area contributed by atoms with Crippen molar-refractivity contribution in [3.8, 4) is 5.75 Å². The van der Waals surface area contributed by atoms with Crippen LogP contribution in [0.2, 0.25) is 0 Å². The molecule has 0 atom stereocenters. The van der Waals surface area contributed by atoms with Gasteiger partial charge in [-0.25, -0.2) is 9.80 Å². The molecule has 1 heterocycles. The Bertz CT molecular complexity index is 1200. The molecule has 2 amide bonds. The highest BCUT2D eigenvalue weighted by Crippen LogP contribution is 2.26. The molecule has 0 aromatic heterocycles. The molecule has 4 rings (SSSR count). The molecule has 0 unspecified atom stereocenters. The third-order valence-corrected chi connectivity index (χ3v) is 4.98. The van der Waals surface area contributed by atoms with Gasteiger partial charge in [-0.05, 0) is 48.9 Å². The van der Waals surface area contributed by atoms with Crippen molar-refractivity contribution in [3.05, 3.63) is 101 Å².